The molecule has 25 aromatic rings. The fraction of sp³-hybridized carbons (Fsp3) is 0. The molecule has 0 saturated carbocycles. The lowest BCUT2D eigenvalue weighted by molar-refractivity contribution is 0.669. The number of anilines is 6. The monoisotopic (exact) mass is 1630 g/mol. The molecule has 4 heterocycles. The number of rotatable bonds is 15. The Morgan fingerprint density at radius 3 is 0.867 bits per heavy atom. The van der Waals surface area contributed by atoms with E-state index < -0.39 is 0 Å². The zero-order valence-corrected chi connectivity index (χ0v) is 69.8. The van der Waals surface area contributed by atoms with Gasteiger partial charge in [-0.05, 0) is 222 Å². The minimum absolute atomic E-state index is 0.872. The number of para-hydroxylation sites is 6. The van der Waals surface area contributed by atoms with Crippen LogP contribution in [0.2, 0.25) is 0 Å². The fourth-order valence-corrected chi connectivity index (χ4v) is 19.4. The minimum atomic E-state index is 0.872. The van der Waals surface area contributed by atoms with Gasteiger partial charge in [0.05, 0.1) is 33.4 Å². The van der Waals surface area contributed by atoms with Crippen molar-refractivity contribution in [1.29, 1.82) is 0 Å². The number of nitrogens with zero attached hydrogens (tertiary/aromatic N) is 4. The van der Waals surface area contributed by atoms with Crippen LogP contribution in [0.5, 0.6) is 0 Å². The lowest BCUT2D eigenvalue weighted by atomic mass is 9.97. The van der Waals surface area contributed by atoms with E-state index in [0.29, 0.717) is 0 Å². The molecular formula is C122H80N4O2. The van der Waals surface area contributed by atoms with Crippen molar-refractivity contribution in [3.05, 3.63) is 485 Å². The van der Waals surface area contributed by atoms with E-state index in [1.54, 1.807) is 0 Å². The van der Waals surface area contributed by atoms with Crippen molar-refractivity contribution in [2.45, 2.75) is 0 Å². The third-order valence-electron chi connectivity index (χ3n) is 25.7. The smallest absolute Gasteiger partial charge is 0.138 e. The quantitative estimate of drug-likeness (QED) is 0.103. The summed E-state index contributed by atoms with van der Waals surface area (Å²) in [7, 11) is 0. The lowest BCUT2D eigenvalue weighted by Crippen LogP contribution is -2.10. The zero-order valence-electron chi connectivity index (χ0n) is 69.8. The van der Waals surface area contributed by atoms with Crippen molar-refractivity contribution in [2.75, 3.05) is 9.80 Å². The predicted octanol–water partition coefficient (Wildman–Crippen LogP) is 34.3. The van der Waals surface area contributed by atoms with Crippen LogP contribution in [0.25, 0.3) is 198 Å². The molecule has 0 radical (unpaired) electrons. The number of furan rings is 2. The third-order valence-corrected chi connectivity index (χ3v) is 25.7. The summed E-state index contributed by atoms with van der Waals surface area (Å²) in [4.78, 5) is 4.74. The number of benzene rings is 21. The summed E-state index contributed by atoms with van der Waals surface area (Å²) in [5.74, 6) is 0. The average Bonchev–Trinajstić information content (AvgIpc) is 1.70. The molecule has 0 N–H and O–H groups in total. The summed E-state index contributed by atoms with van der Waals surface area (Å²) < 4.78 is 17.6. The Hall–Kier alpha value is -17.1. The first kappa shape index (κ1) is 74.7. The topological polar surface area (TPSA) is 42.6 Å². The van der Waals surface area contributed by atoms with Gasteiger partial charge in [0.1, 0.15) is 22.3 Å². The van der Waals surface area contributed by atoms with Gasteiger partial charge in [-0.1, -0.05) is 346 Å². The Labute approximate surface area is 740 Å². The maximum atomic E-state index is 6.56. The highest BCUT2D eigenvalue weighted by Crippen LogP contribution is 2.49. The highest BCUT2D eigenvalue weighted by molar-refractivity contribution is 6.24. The van der Waals surface area contributed by atoms with E-state index in [1.165, 1.54) is 132 Å². The summed E-state index contributed by atoms with van der Waals surface area (Å²) >= 11 is 0. The zero-order chi connectivity index (χ0) is 84.5. The summed E-state index contributed by atoms with van der Waals surface area (Å²) in [6.07, 6.45) is 0. The molecule has 0 aliphatic rings. The summed E-state index contributed by atoms with van der Waals surface area (Å²) in [6.45, 7) is 0. The SMILES string of the molecule is c1ccc(-c2ccc(N(c3ccc(-c4ccc(-c5ccc(-c6ccc7c(c6)c6ccccc6n7-c6ccccc6)cc5)cc4)cc3)c3cc4oc5ccccc5c4c4ccccc34)cc2)cc1.c1ccc(-c2ccc(N(c3ccc(-c4ccc(-c5ccc(-n6c7ccccc7c7ccccc76)cc5)cc4)cc3)c3cccc4c3ccc3oc5ccccc5c34)cc2)cc1. The third kappa shape index (κ3) is 13.3. The molecule has 0 atom stereocenters. The van der Waals surface area contributed by atoms with Crippen LogP contribution in [0.1, 0.15) is 0 Å². The fourth-order valence-electron chi connectivity index (χ4n) is 19.4. The molecule has 21 aromatic carbocycles. The van der Waals surface area contributed by atoms with Crippen molar-refractivity contribution >= 4 is 143 Å². The molecule has 0 aliphatic carbocycles. The van der Waals surface area contributed by atoms with Crippen molar-refractivity contribution in [3.8, 4) is 89.3 Å². The van der Waals surface area contributed by atoms with Crippen LogP contribution in [-0.2, 0) is 0 Å². The molecule has 6 heteroatoms. The van der Waals surface area contributed by atoms with Gasteiger partial charge in [0.25, 0.3) is 0 Å². The molecule has 0 saturated heterocycles. The molecule has 0 bridgehead atoms. The Bertz CT molecular complexity index is 8420. The number of hydrogen-bond donors (Lipinski definition) is 0. The largest absolute Gasteiger partial charge is 0.456 e. The number of aromatic nitrogens is 2. The van der Waals surface area contributed by atoms with Crippen molar-refractivity contribution in [2.24, 2.45) is 0 Å². The van der Waals surface area contributed by atoms with E-state index in [1.807, 2.05) is 18.2 Å². The second-order valence-corrected chi connectivity index (χ2v) is 33.0. The molecule has 25 rings (SSSR count). The molecule has 600 valence electrons. The molecule has 128 heavy (non-hydrogen) atoms. The van der Waals surface area contributed by atoms with Crippen molar-refractivity contribution in [3.63, 3.8) is 0 Å². The summed E-state index contributed by atoms with van der Waals surface area (Å²) in [5.41, 5.74) is 33.8. The number of hydrogen-bond acceptors (Lipinski definition) is 4. The highest BCUT2D eigenvalue weighted by atomic mass is 16.3. The van der Waals surface area contributed by atoms with Crippen LogP contribution in [0.3, 0.4) is 0 Å². The van der Waals surface area contributed by atoms with Crippen LogP contribution >= 0.6 is 0 Å². The van der Waals surface area contributed by atoms with Gasteiger partial charge in [0, 0.05) is 94.1 Å². The Kier molecular flexibility index (Phi) is 18.5. The first-order chi connectivity index (χ1) is 63.5. The van der Waals surface area contributed by atoms with Crippen molar-refractivity contribution < 1.29 is 8.83 Å². The van der Waals surface area contributed by atoms with Gasteiger partial charge in [0.15, 0.2) is 0 Å². The van der Waals surface area contributed by atoms with Crippen molar-refractivity contribution in [1.82, 2.24) is 9.13 Å². The van der Waals surface area contributed by atoms with E-state index in [4.69, 9.17) is 8.83 Å². The van der Waals surface area contributed by atoms with Crippen LogP contribution in [0, 0.1) is 0 Å². The van der Waals surface area contributed by atoms with Crippen LogP contribution in [-0.4, -0.2) is 9.13 Å². The van der Waals surface area contributed by atoms with Gasteiger partial charge in [0.2, 0.25) is 0 Å². The molecule has 0 aliphatic heterocycles. The normalized spacial score (nSPS) is 11.6. The maximum absolute atomic E-state index is 6.56. The molecule has 0 fully saturated rings. The molecule has 4 aromatic heterocycles. The van der Waals surface area contributed by atoms with Gasteiger partial charge in [-0.2, -0.15) is 0 Å². The number of fused-ring (bicyclic) bond motifs is 16. The van der Waals surface area contributed by atoms with E-state index in [2.05, 4.69) is 486 Å². The standard InChI is InChI=1S/C64H42N2O.C58H38N2O/c1-3-13-43(14-4-1)47-31-36-52(37-32-47)65(61-42-63-64(56-19-8-7-17-54(56)61)57-20-10-12-22-62(57)67-63)53-38-33-48(34-39-53)46-25-23-44(24-26-46)45-27-29-49(30-28-45)50-35-40-60-58(41-50)55-18-9-11-21-59(55)66(60)51-15-5-2-6-16-51;1-2-11-39(12-3-1)42-25-31-45(32-26-42)59(53-19-10-16-51-50(53)37-38-57-58(51)52-15-6-9-20-56(52)61-57)46-33-27-43(28-34-46)40-21-23-41(24-22-40)44-29-35-47(36-30-44)60-54-17-7-4-13-48(54)49-14-5-8-18-55(49)60/h1-42H;1-38H. The Balaban J connectivity index is 0.000000143. The van der Waals surface area contributed by atoms with E-state index in [9.17, 15) is 0 Å². The first-order valence-corrected chi connectivity index (χ1v) is 43.7. The molecule has 0 amide bonds. The minimum Gasteiger partial charge on any atom is -0.456 e. The molecule has 6 nitrogen and oxygen atoms in total. The second-order valence-electron chi connectivity index (χ2n) is 33.0. The maximum Gasteiger partial charge on any atom is 0.138 e. The van der Waals surface area contributed by atoms with E-state index in [-0.39, 0.29) is 0 Å². The van der Waals surface area contributed by atoms with E-state index in [0.717, 1.165) is 100 Å². The Morgan fingerprint density at radius 1 is 0.148 bits per heavy atom. The summed E-state index contributed by atoms with van der Waals surface area (Å²) in [6, 6.07) is 175. The van der Waals surface area contributed by atoms with Crippen LogP contribution in [0.15, 0.2) is 494 Å². The van der Waals surface area contributed by atoms with Crippen LogP contribution < -0.4 is 9.80 Å². The van der Waals surface area contributed by atoms with Gasteiger partial charge >= 0.3 is 0 Å². The van der Waals surface area contributed by atoms with E-state index >= 15 is 0 Å². The van der Waals surface area contributed by atoms with Gasteiger partial charge in [-0.25, -0.2) is 0 Å². The molecule has 0 unspecified atom stereocenters. The second kappa shape index (κ2) is 31.7. The highest BCUT2D eigenvalue weighted by Gasteiger charge is 2.24. The first-order valence-electron chi connectivity index (χ1n) is 43.7. The molecular weight excluding hydrogens is 1550 g/mol. The lowest BCUT2D eigenvalue weighted by Gasteiger charge is -2.27. The van der Waals surface area contributed by atoms with Gasteiger partial charge in [-0.15, -0.1) is 0 Å². The van der Waals surface area contributed by atoms with Crippen LogP contribution in [0.4, 0.5) is 34.1 Å². The van der Waals surface area contributed by atoms with Gasteiger partial charge in [-0.3, -0.25) is 0 Å². The average molecular weight is 1630 g/mol. The van der Waals surface area contributed by atoms with Gasteiger partial charge < -0.3 is 27.8 Å². The predicted molar refractivity (Wildman–Crippen MR) is 539 cm³/mol. The Morgan fingerprint density at radius 2 is 0.430 bits per heavy atom. The summed E-state index contributed by atoms with van der Waals surface area (Å²) in [5, 5.41) is 14.3. The molecule has 0 spiro atoms.